The third-order valence-corrected chi connectivity index (χ3v) is 3.45. The average molecular weight is 269 g/mol. The number of nitrogens with zero attached hydrogens (tertiary/aromatic N) is 2. The fourth-order valence-electron chi connectivity index (χ4n) is 2.31. The highest BCUT2D eigenvalue weighted by Gasteiger charge is 2.34. The average Bonchev–Trinajstić information content (AvgIpc) is 3.06. The number of hydrogen-bond donors (Lipinski definition) is 1. The van der Waals surface area contributed by atoms with Crippen LogP contribution in [0.3, 0.4) is 0 Å². The lowest BCUT2D eigenvalue weighted by Gasteiger charge is -2.15. The van der Waals surface area contributed by atoms with Gasteiger partial charge in [-0.3, -0.25) is 0 Å². The van der Waals surface area contributed by atoms with Gasteiger partial charge < -0.3 is 19.3 Å². The summed E-state index contributed by atoms with van der Waals surface area (Å²) < 4.78 is 16.2. The van der Waals surface area contributed by atoms with E-state index in [4.69, 9.17) is 14.0 Å². The van der Waals surface area contributed by atoms with Gasteiger partial charge in [-0.15, -0.1) is 0 Å². The van der Waals surface area contributed by atoms with Crippen LogP contribution in [0, 0.1) is 0 Å². The van der Waals surface area contributed by atoms with Crippen molar-refractivity contribution >= 4 is 0 Å². The SMILES string of the molecule is CCCNC1COCC1c1nc(C(CC)OC)no1. The van der Waals surface area contributed by atoms with Crippen LogP contribution in [0.5, 0.6) is 0 Å². The number of nitrogens with one attached hydrogen (secondary N) is 1. The molecule has 1 saturated heterocycles. The lowest BCUT2D eigenvalue weighted by molar-refractivity contribution is 0.0903. The van der Waals surface area contributed by atoms with Crippen molar-refractivity contribution in [1.29, 1.82) is 0 Å². The van der Waals surface area contributed by atoms with Crippen molar-refractivity contribution < 1.29 is 14.0 Å². The fraction of sp³-hybridized carbons (Fsp3) is 0.846. The Morgan fingerprint density at radius 2 is 2.26 bits per heavy atom. The summed E-state index contributed by atoms with van der Waals surface area (Å²) in [6.07, 6.45) is 1.83. The van der Waals surface area contributed by atoms with Gasteiger partial charge in [-0.25, -0.2) is 0 Å². The zero-order chi connectivity index (χ0) is 13.7. The summed E-state index contributed by atoms with van der Waals surface area (Å²) >= 11 is 0. The van der Waals surface area contributed by atoms with Crippen LogP contribution < -0.4 is 5.32 Å². The second-order valence-corrected chi connectivity index (χ2v) is 4.83. The summed E-state index contributed by atoms with van der Waals surface area (Å²) in [6, 6.07) is 0.260. The van der Waals surface area contributed by atoms with Gasteiger partial charge in [0.2, 0.25) is 11.7 Å². The molecule has 3 unspecified atom stereocenters. The number of ether oxygens (including phenoxy) is 2. The van der Waals surface area contributed by atoms with Crippen LogP contribution in [0.25, 0.3) is 0 Å². The zero-order valence-electron chi connectivity index (χ0n) is 11.9. The van der Waals surface area contributed by atoms with Crippen molar-refractivity contribution in [2.45, 2.75) is 44.8 Å². The lowest BCUT2D eigenvalue weighted by Crippen LogP contribution is -2.35. The van der Waals surface area contributed by atoms with Crippen LogP contribution in [-0.2, 0) is 9.47 Å². The summed E-state index contributed by atoms with van der Waals surface area (Å²) in [6.45, 7) is 6.49. The Kier molecular flexibility index (Phi) is 5.30. The second kappa shape index (κ2) is 6.98. The summed E-state index contributed by atoms with van der Waals surface area (Å²) in [5.74, 6) is 1.42. The number of rotatable bonds is 7. The molecule has 3 atom stereocenters. The summed E-state index contributed by atoms with van der Waals surface area (Å²) in [5.41, 5.74) is 0. The molecular weight excluding hydrogens is 246 g/mol. The molecule has 0 spiro atoms. The van der Waals surface area contributed by atoms with Gasteiger partial charge in [0.15, 0.2) is 0 Å². The molecule has 2 rings (SSSR count). The zero-order valence-corrected chi connectivity index (χ0v) is 11.9. The minimum Gasteiger partial charge on any atom is -0.379 e. The van der Waals surface area contributed by atoms with Gasteiger partial charge in [0.05, 0.1) is 19.1 Å². The van der Waals surface area contributed by atoms with Crippen LogP contribution in [0.15, 0.2) is 4.52 Å². The molecule has 0 bridgehead atoms. The molecule has 6 nitrogen and oxygen atoms in total. The van der Waals surface area contributed by atoms with E-state index in [-0.39, 0.29) is 18.1 Å². The Balaban J connectivity index is 2.04. The maximum absolute atomic E-state index is 5.52. The molecule has 1 aromatic heterocycles. The number of hydrogen-bond acceptors (Lipinski definition) is 6. The fourth-order valence-corrected chi connectivity index (χ4v) is 2.31. The Labute approximate surface area is 113 Å². The van der Waals surface area contributed by atoms with Crippen LogP contribution in [0.4, 0.5) is 0 Å². The van der Waals surface area contributed by atoms with Gasteiger partial charge in [0, 0.05) is 13.2 Å². The van der Waals surface area contributed by atoms with Gasteiger partial charge in [0.1, 0.15) is 6.10 Å². The molecule has 1 aliphatic rings. The van der Waals surface area contributed by atoms with Crippen molar-refractivity contribution in [3.63, 3.8) is 0 Å². The van der Waals surface area contributed by atoms with Gasteiger partial charge in [-0.2, -0.15) is 4.98 Å². The summed E-state index contributed by atoms with van der Waals surface area (Å²) in [7, 11) is 1.66. The van der Waals surface area contributed by atoms with Gasteiger partial charge in [-0.1, -0.05) is 19.0 Å². The standard InChI is InChI=1S/C13H23N3O3/c1-4-6-14-10-8-18-7-9(10)13-15-12(16-19-13)11(5-2)17-3/h9-11,14H,4-8H2,1-3H3. The van der Waals surface area contributed by atoms with E-state index in [2.05, 4.69) is 22.4 Å². The maximum atomic E-state index is 5.52. The number of aromatic nitrogens is 2. The predicted molar refractivity (Wildman–Crippen MR) is 70.0 cm³/mol. The molecule has 2 heterocycles. The molecule has 1 fully saturated rings. The lowest BCUT2D eigenvalue weighted by atomic mass is 10.0. The highest BCUT2D eigenvalue weighted by Crippen LogP contribution is 2.26. The van der Waals surface area contributed by atoms with Crippen molar-refractivity contribution in [3.8, 4) is 0 Å². The molecule has 6 heteroatoms. The Morgan fingerprint density at radius 1 is 1.42 bits per heavy atom. The molecule has 0 aromatic carbocycles. The molecule has 108 valence electrons. The summed E-state index contributed by atoms with van der Waals surface area (Å²) in [4.78, 5) is 4.47. The quantitative estimate of drug-likeness (QED) is 0.811. The molecule has 0 amide bonds. The molecule has 19 heavy (non-hydrogen) atoms. The predicted octanol–water partition coefficient (Wildman–Crippen LogP) is 1.65. The van der Waals surface area contributed by atoms with E-state index in [0.29, 0.717) is 24.9 Å². The first-order chi connectivity index (χ1) is 9.30. The molecule has 0 radical (unpaired) electrons. The number of methoxy groups -OCH3 is 1. The van der Waals surface area contributed by atoms with Crippen molar-refractivity contribution in [3.05, 3.63) is 11.7 Å². The first-order valence-electron chi connectivity index (χ1n) is 6.97. The first kappa shape index (κ1) is 14.4. The molecule has 0 aliphatic carbocycles. The minimum atomic E-state index is -0.0955. The topological polar surface area (TPSA) is 69.4 Å². The third-order valence-electron chi connectivity index (χ3n) is 3.45. The highest BCUT2D eigenvalue weighted by atomic mass is 16.5. The summed E-state index contributed by atoms with van der Waals surface area (Å²) in [5, 5.41) is 7.49. The van der Waals surface area contributed by atoms with E-state index in [1.54, 1.807) is 7.11 Å². The Morgan fingerprint density at radius 3 is 2.95 bits per heavy atom. The van der Waals surface area contributed by atoms with Crippen LogP contribution in [0.2, 0.25) is 0 Å². The van der Waals surface area contributed by atoms with Crippen molar-refractivity contribution in [2.24, 2.45) is 0 Å². The molecular formula is C13H23N3O3. The van der Waals surface area contributed by atoms with E-state index in [1.165, 1.54) is 0 Å². The molecule has 1 aliphatic heterocycles. The smallest absolute Gasteiger partial charge is 0.233 e. The van der Waals surface area contributed by atoms with Crippen molar-refractivity contribution in [1.82, 2.24) is 15.5 Å². The van der Waals surface area contributed by atoms with E-state index in [1.807, 2.05) is 6.92 Å². The van der Waals surface area contributed by atoms with Crippen molar-refractivity contribution in [2.75, 3.05) is 26.9 Å². The van der Waals surface area contributed by atoms with Gasteiger partial charge >= 0.3 is 0 Å². The highest BCUT2D eigenvalue weighted by molar-refractivity contribution is 5.03. The molecule has 0 saturated carbocycles. The maximum Gasteiger partial charge on any atom is 0.233 e. The van der Waals surface area contributed by atoms with Crippen LogP contribution in [-0.4, -0.2) is 43.1 Å². The van der Waals surface area contributed by atoms with Crippen LogP contribution >= 0.6 is 0 Å². The minimum absolute atomic E-state index is 0.0955. The van der Waals surface area contributed by atoms with Gasteiger partial charge in [0.25, 0.3) is 0 Å². The van der Waals surface area contributed by atoms with Crippen LogP contribution in [0.1, 0.15) is 50.4 Å². The molecule has 1 N–H and O–H groups in total. The molecule has 1 aromatic rings. The Hall–Kier alpha value is -0.980. The Bertz CT molecular complexity index is 379. The largest absolute Gasteiger partial charge is 0.379 e. The van der Waals surface area contributed by atoms with E-state index in [0.717, 1.165) is 19.4 Å². The second-order valence-electron chi connectivity index (χ2n) is 4.83. The normalized spacial score (nSPS) is 24.8. The van der Waals surface area contributed by atoms with E-state index < -0.39 is 0 Å². The van der Waals surface area contributed by atoms with Gasteiger partial charge in [-0.05, 0) is 19.4 Å². The third kappa shape index (κ3) is 3.32. The monoisotopic (exact) mass is 269 g/mol. The first-order valence-corrected chi connectivity index (χ1v) is 6.97. The van der Waals surface area contributed by atoms with E-state index in [9.17, 15) is 0 Å². The van der Waals surface area contributed by atoms with E-state index >= 15 is 0 Å².